The second kappa shape index (κ2) is 7.06. The van der Waals surface area contributed by atoms with Crippen molar-refractivity contribution in [3.63, 3.8) is 0 Å². The van der Waals surface area contributed by atoms with E-state index in [-0.39, 0.29) is 24.4 Å². The number of nitrogens with one attached hydrogen (secondary N) is 2. The molecule has 0 aliphatic heterocycles. The van der Waals surface area contributed by atoms with Crippen molar-refractivity contribution >= 4 is 23.2 Å². The first-order valence-electron chi connectivity index (χ1n) is 5.66. The Bertz CT molecular complexity index is 361. The molecule has 0 saturated carbocycles. The van der Waals surface area contributed by atoms with Gasteiger partial charge in [0.15, 0.2) is 0 Å². The molecular weight excluding hydrogens is 236 g/mol. The van der Waals surface area contributed by atoms with Crippen LogP contribution in [0.25, 0.3) is 0 Å². The van der Waals surface area contributed by atoms with Crippen LogP contribution in [0.1, 0.15) is 25.1 Å². The highest BCUT2D eigenvalue weighted by atomic mass is 32.1. The zero-order chi connectivity index (χ0) is 12.7. The minimum atomic E-state index is -0.149. The van der Waals surface area contributed by atoms with Crippen molar-refractivity contribution in [1.29, 1.82) is 0 Å². The Morgan fingerprint density at radius 1 is 1.35 bits per heavy atom. The number of amides is 2. The molecule has 0 aromatic carbocycles. The van der Waals surface area contributed by atoms with E-state index in [1.165, 1.54) is 4.88 Å². The summed E-state index contributed by atoms with van der Waals surface area (Å²) in [5.41, 5.74) is 0. The third-order valence-electron chi connectivity index (χ3n) is 2.07. The summed E-state index contributed by atoms with van der Waals surface area (Å²) in [5.74, 6) is -0.234. The van der Waals surface area contributed by atoms with Gasteiger partial charge in [-0.05, 0) is 31.7 Å². The number of carbonyl (C=O) groups is 2. The molecule has 17 heavy (non-hydrogen) atoms. The fourth-order valence-electron chi connectivity index (χ4n) is 1.33. The highest BCUT2D eigenvalue weighted by Gasteiger charge is 2.06. The van der Waals surface area contributed by atoms with E-state index in [9.17, 15) is 9.59 Å². The first-order valence-corrected chi connectivity index (χ1v) is 6.54. The normalized spacial score (nSPS) is 10.3. The number of aryl methyl sites for hydroxylation is 1. The Morgan fingerprint density at radius 3 is 2.71 bits per heavy atom. The third-order valence-corrected chi connectivity index (χ3v) is 3.01. The Kier molecular flexibility index (Phi) is 5.69. The van der Waals surface area contributed by atoms with E-state index in [0.717, 1.165) is 6.42 Å². The number of thiophene rings is 1. The molecule has 4 nitrogen and oxygen atoms in total. The first kappa shape index (κ1) is 13.7. The zero-order valence-electron chi connectivity index (χ0n) is 10.2. The highest BCUT2D eigenvalue weighted by molar-refractivity contribution is 7.09. The minimum absolute atomic E-state index is 0.0570. The lowest BCUT2D eigenvalue weighted by Gasteiger charge is -2.08. The van der Waals surface area contributed by atoms with Crippen LogP contribution in [-0.4, -0.2) is 24.4 Å². The average molecular weight is 254 g/mol. The minimum Gasteiger partial charge on any atom is -0.352 e. The summed E-state index contributed by atoms with van der Waals surface area (Å²) < 4.78 is 0. The maximum atomic E-state index is 11.4. The molecule has 2 N–H and O–H groups in total. The summed E-state index contributed by atoms with van der Waals surface area (Å²) in [6.07, 6.45) is 1.16. The van der Waals surface area contributed by atoms with Gasteiger partial charge in [-0.1, -0.05) is 6.07 Å². The standard InChI is InChI=1S/C12H18N2O2S/c1-9(2)14-12(16)8-13-11(15)6-5-10-4-3-7-17-10/h3-4,7,9H,5-6,8H2,1-2H3,(H,13,15)(H,14,16). The molecule has 0 spiro atoms. The van der Waals surface area contributed by atoms with Gasteiger partial charge in [-0.2, -0.15) is 0 Å². The van der Waals surface area contributed by atoms with Crippen molar-refractivity contribution < 1.29 is 9.59 Å². The van der Waals surface area contributed by atoms with Crippen LogP contribution < -0.4 is 10.6 Å². The molecule has 0 radical (unpaired) electrons. The molecule has 1 heterocycles. The van der Waals surface area contributed by atoms with Crippen molar-refractivity contribution in [2.75, 3.05) is 6.54 Å². The summed E-state index contributed by atoms with van der Waals surface area (Å²) >= 11 is 1.64. The third kappa shape index (κ3) is 6.06. The Hall–Kier alpha value is -1.36. The molecule has 5 heteroatoms. The van der Waals surface area contributed by atoms with Gasteiger partial charge in [-0.15, -0.1) is 11.3 Å². The molecule has 2 amide bonds. The fourth-order valence-corrected chi connectivity index (χ4v) is 2.04. The molecular formula is C12H18N2O2S. The second-order valence-corrected chi connectivity index (χ2v) is 5.11. The molecule has 1 aromatic rings. The Balaban J connectivity index is 2.15. The maximum absolute atomic E-state index is 11.4. The van der Waals surface area contributed by atoms with Gasteiger partial charge in [0.25, 0.3) is 0 Å². The van der Waals surface area contributed by atoms with E-state index < -0.39 is 0 Å². The smallest absolute Gasteiger partial charge is 0.239 e. The lowest BCUT2D eigenvalue weighted by atomic mass is 10.2. The zero-order valence-corrected chi connectivity index (χ0v) is 11.0. The van der Waals surface area contributed by atoms with Crippen LogP contribution in [0.3, 0.4) is 0 Å². The summed E-state index contributed by atoms with van der Waals surface area (Å²) in [4.78, 5) is 23.9. The SMILES string of the molecule is CC(C)NC(=O)CNC(=O)CCc1cccs1. The number of hydrogen-bond acceptors (Lipinski definition) is 3. The molecule has 0 saturated heterocycles. The second-order valence-electron chi connectivity index (χ2n) is 4.08. The van der Waals surface area contributed by atoms with Gasteiger partial charge in [0.05, 0.1) is 6.54 Å². The van der Waals surface area contributed by atoms with E-state index in [4.69, 9.17) is 0 Å². The number of carbonyl (C=O) groups excluding carboxylic acids is 2. The topological polar surface area (TPSA) is 58.2 Å². The molecule has 0 bridgehead atoms. The van der Waals surface area contributed by atoms with Gasteiger partial charge < -0.3 is 10.6 Å². The van der Waals surface area contributed by atoms with Crippen LogP contribution >= 0.6 is 11.3 Å². The molecule has 1 aromatic heterocycles. The van der Waals surface area contributed by atoms with Crippen LogP contribution in [-0.2, 0) is 16.0 Å². The molecule has 1 rings (SSSR count). The van der Waals surface area contributed by atoms with Gasteiger partial charge in [0.1, 0.15) is 0 Å². The van der Waals surface area contributed by atoms with E-state index in [0.29, 0.717) is 6.42 Å². The van der Waals surface area contributed by atoms with Crippen LogP contribution in [0.4, 0.5) is 0 Å². The Morgan fingerprint density at radius 2 is 2.12 bits per heavy atom. The molecule has 0 fully saturated rings. The van der Waals surface area contributed by atoms with Crippen molar-refractivity contribution in [2.45, 2.75) is 32.7 Å². The predicted octanol–water partition coefficient (Wildman–Crippen LogP) is 1.32. The van der Waals surface area contributed by atoms with E-state index in [1.54, 1.807) is 11.3 Å². The van der Waals surface area contributed by atoms with Crippen LogP contribution in [0, 0.1) is 0 Å². The largest absolute Gasteiger partial charge is 0.352 e. The van der Waals surface area contributed by atoms with Gasteiger partial charge in [-0.3, -0.25) is 9.59 Å². The lowest BCUT2D eigenvalue weighted by molar-refractivity contribution is -0.126. The van der Waals surface area contributed by atoms with Gasteiger partial charge >= 0.3 is 0 Å². The summed E-state index contributed by atoms with van der Waals surface area (Å²) in [6, 6.07) is 4.07. The first-order chi connectivity index (χ1) is 8.08. The van der Waals surface area contributed by atoms with Crippen LogP contribution in [0.5, 0.6) is 0 Å². The van der Waals surface area contributed by atoms with Crippen molar-refractivity contribution in [2.24, 2.45) is 0 Å². The highest BCUT2D eigenvalue weighted by Crippen LogP contribution is 2.10. The van der Waals surface area contributed by atoms with E-state index in [2.05, 4.69) is 10.6 Å². The molecule has 0 aliphatic carbocycles. The predicted molar refractivity (Wildman–Crippen MR) is 68.9 cm³/mol. The summed E-state index contributed by atoms with van der Waals surface area (Å²) in [6.45, 7) is 3.83. The fraction of sp³-hybridized carbons (Fsp3) is 0.500. The van der Waals surface area contributed by atoms with Crippen LogP contribution in [0.15, 0.2) is 17.5 Å². The molecule has 0 aliphatic rings. The van der Waals surface area contributed by atoms with Gasteiger partial charge in [0.2, 0.25) is 11.8 Å². The van der Waals surface area contributed by atoms with Crippen molar-refractivity contribution in [3.8, 4) is 0 Å². The van der Waals surface area contributed by atoms with Crippen molar-refractivity contribution in [3.05, 3.63) is 22.4 Å². The Labute approximate surface area is 105 Å². The van der Waals surface area contributed by atoms with Gasteiger partial charge in [0, 0.05) is 17.3 Å². The summed E-state index contributed by atoms with van der Waals surface area (Å²) in [7, 11) is 0. The average Bonchev–Trinajstić information content (AvgIpc) is 2.75. The lowest BCUT2D eigenvalue weighted by Crippen LogP contribution is -2.39. The number of hydrogen-bond donors (Lipinski definition) is 2. The van der Waals surface area contributed by atoms with Crippen molar-refractivity contribution in [1.82, 2.24) is 10.6 Å². The monoisotopic (exact) mass is 254 g/mol. The number of rotatable bonds is 6. The van der Waals surface area contributed by atoms with E-state index >= 15 is 0 Å². The van der Waals surface area contributed by atoms with Gasteiger partial charge in [-0.25, -0.2) is 0 Å². The maximum Gasteiger partial charge on any atom is 0.239 e. The quantitative estimate of drug-likeness (QED) is 0.804. The van der Waals surface area contributed by atoms with Crippen LogP contribution in [0.2, 0.25) is 0 Å². The molecule has 0 unspecified atom stereocenters. The van der Waals surface area contributed by atoms with E-state index in [1.807, 2.05) is 31.4 Å². The molecule has 94 valence electrons. The molecule has 0 atom stereocenters. The summed E-state index contributed by atoms with van der Waals surface area (Å²) in [5, 5.41) is 7.31.